The number of nitrogens with zero attached hydrogens (tertiary/aromatic N) is 3. The first kappa shape index (κ1) is 34.7. The van der Waals surface area contributed by atoms with Crippen LogP contribution in [-0.2, 0) is 30.8 Å². The summed E-state index contributed by atoms with van der Waals surface area (Å²) in [6, 6.07) is 13.4. The number of para-hydroxylation sites is 1. The summed E-state index contributed by atoms with van der Waals surface area (Å²) in [5.74, 6) is -6.65. The van der Waals surface area contributed by atoms with Crippen LogP contribution in [0.4, 0.5) is 19.0 Å². The van der Waals surface area contributed by atoms with Crippen molar-refractivity contribution < 1.29 is 37.5 Å². The number of aromatic hydroxyl groups is 1. The van der Waals surface area contributed by atoms with Crippen LogP contribution in [-0.4, -0.2) is 49.7 Å². The fraction of sp³-hybridized carbons (Fsp3) is 0.395. The molecule has 4 amide bonds. The molecule has 3 aliphatic carbocycles. The van der Waals surface area contributed by atoms with E-state index in [4.69, 9.17) is 23.2 Å². The number of hydrazine groups is 1. The second kappa shape index (κ2) is 12.6. The molecule has 2 aliphatic heterocycles. The lowest BCUT2D eigenvalue weighted by Crippen LogP contribution is -2.53. The Labute approximate surface area is 306 Å². The fourth-order valence-corrected chi connectivity index (χ4v) is 9.92. The number of phenols is 1. The zero-order valence-electron chi connectivity index (χ0n) is 27.6. The number of anilines is 1. The van der Waals surface area contributed by atoms with E-state index in [1.807, 2.05) is 6.08 Å². The number of carbonyl (C=O) groups excluding carboxylic acids is 4. The third-order valence-electron chi connectivity index (χ3n) is 11.8. The van der Waals surface area contributed by atoms with Crippen LogP contribution in [0.2, 0.25) is 10.0 Å². The first-order valence-electron chi connectivity index (χ1n) is 17.3. The van der Waals surface area contributed by atoms with Crippen molar-refractivity contribution in [1.29, 1.82) is 0 Å². The van der Waals surface area contributed by atoms with Crippen LogP contribution in [0.25, 0.3) is 0 Å². The van der Waals surface area contributed by atoms with Crippen LogP contribution in [0.1, 0.15) is 67.6 Å². The van der Waals surface area contributed by atoms with Gasteiger partial charge in [-0.2, -0.15) is 18.2 Å². The maximum absolute atomic E-state index is 15.2. The second-order valence-corrected chi connectivity index (χ2v) is 15.2. The zero-order valence-corrected chi connectivity index (χ0v) is 29.1. The SMILES string of the molecule is O=C1[C@@H]2C[C@@H]3C(=CC[C@@H]4C(=O)N(C5CCCCC5)C(=O)[C@@H]43)[C@H](c3ccccc3O)[C@]2(c2ccc(Cl)cc2)C(=O)N1Nc1ncc(C(F)(F)F)cc1Cl. The molecule has 0 unspecified atom stereocenters. The Morgan fingerprint density at radius 1 is 0.904 bits per heavy atom. The van der Waals surface area contributed by atoms with Gasteiger partial charge < -0.3 is 5.11 Å². The van der Waals surface area contributed by atoms with Crippen molar-refractivity contribution in [3.63, 3.8) is 0 Å². The standard InChI is InChI=1S/C38H33Cl2F3N4O5/c39-21-12-10-19(11-13-21)37-27(34(50)47(36(37)52)45-32-28(40)16-20(18-44-32)38(41,42)43)17-26-23(31(37)24-8-4-5-9-29(24)48)14-15-25-30(26)35(51)46(33(25)49)22-6-2-1-3-7-22/h4-5,8-14,16,18,22,25-27,30-31,48H,1-3,6-7,15,17H2,(H,44,45)/t25-,26+,27-,30-,31+,37+/m0/s1. The van der Waals surface area contributed by atoms with Crippen LogP contribution in [0.15, 0.2) is 72.4 Å². The molecule has 270 valence electrons. The van der Waals surface area contributed by atoms with E-state index in [0.29, 0.717) is 34.0 Å². The summed E-state index contributed by atoms with van der Waals surface area (Å²) in [5, 5.41) is 12.1. The van der Waals surface area contributed by atoms with Crippen LogP contribution >= 0.6 is 23.2 Å². The Hall–Kier alpha value is -4.42. The highest BCUT2D eigenvalue weighted by Crippen LogP contribution is 2.65. The molecule has 3 aromatic rings. The predicted octanol–water partition coefficient (Wildman–Crippen LogP) is 7.43. The van der Waals surface area contributed by atoms with Crippen molar-refractivity contribution in [2.75, 3.05) is 5.43 Å². The average molecular weight is 754 g/mol. The largest absolute Gasteiger partial charge is 0.508 e. The third-order valence-corrected chi connectivity index (χ3v) is 12.3. The Morgan fingerprint density at radius 3 is 2.29 bits per heavy atom. The first-order chi connectivity index (χ1) is 24.8. The smallest absolute Gasteiger partial charge is 0.417 e. The number of amides is 4. The van der Waals surface area contributed by atoms with Gasteiger partial charge in [-0.1, -0.05) is 84.4 Å². The molecule has 52 heavy (non-hydrogen) atoms. The lowest BCUT2D eigenvalue weighted by atomic mass is 9.49. The zero-order chi connectivity index (χ0) is 36.7. The van der Waals surface area contributed by atoms with Crippen molar-refractivity contribution in [2.24, 2.45) is 23.7 Å². The predicted molar refractivity (Wildman–Crippen MR) is 184 cm³/mol. The van der Waals surface area contributed by atoms with Crippen molar-refractivity contribution >= 4 is 52.6 Å². The number of allylic oxidation sites excluding steroid dienone is 2. The molecule has 9 nitrogen and oxygen atoms in total. The molecular formula is C38H33Cl2F3N4O5. The van der Waals surface area contributed by atoms with Crippen molar-refractivity contribution in [2.45, 2.75) is 68.5 Å². The van der Waals surface area contributed by atoms with Gasteiger partial charge in [-0.3, -0.25) is 29.5 Å². The van der Waals surface area contributed by atoms with E-state index in [-0.39, 0.29) is 42.3 Å². The van der Waals surface area contributed by atoms with E-state index in [1.54, 1.807) is 42.5 Å². The van der Waals surface area contributed by atoms with Gasteiger partial charge in [-0.25, -0.2) is 4.98 Å². The van der Waals surface area contributed by atoms with E-state index in [9.17, 15) is 32.7 Å². The molecule has 3 heterocycles. The van der Waals surface area contributed by atoms with Gasteiger partial charge in [0.05, 0.1) is 33.8 Å². The molecule has 2 saturated carbocycles. The van der Waals surface area contributed by atoms with Gasteiger partial charge in [-0.15, -0.1) is 0 Å². The average Bonchev–Trinajstić information content (AvgIpc) is 3.50. The molecule has 2 N–H and O–H groups in total. The third kappa shape index (κ3) is 5.15. The van der Waals surface area contributed by atoms with Gasteiger partial charge in [0.15, 0.2) is 5.82 Å². The minimum absolute atomic E-state index is 0.00811. The summed E-state index contributed by atoms with van der Waals surface area (Å²) in [5.41, 5.74) is 1.18. The lowest BCUT2D eigenvalue weighted by molar-refractivity contribution is -0.144. The van der Waals surface area contributed by atoms with Crippen molar-refractivity contribution in [3.8, 4) is 5.75 Å². The van der Waals surface area contributed by atoms with Gasteiger partial charge in [0.2, 0.25) is 11.8 Å². The molecule has 14 heteroatoms. The highest BCUT2D eigenvalue weighted by atomic mass is 35.5. The number of carbonyl (C=O) groups is 4. The molecule has 0 radical (unpaired) electrons. The fourth-order valence-electron chi connectivity index (χ4n) is 9.58. The summed E-state index contributed by atoms with van der Waals surface area (Å²) in [6.45, 7) is 0. The summed E-state index contributed by atoms with van der Waals surface area (Å²) < 4.78 is 40.3. The number of fused-ring (bicyclic) bond motifs is 4. The number of rotatable bonds is 5. The molecule has 4 fully saturated rings. The molecule has 0 bridgehead atoms. The highest BCUT2D eigenvalue weighted by Gasteiger charge is 2.71. The van der Waals surface area contributed by atoms with E-state index >= 15 is 4.79 Å². The van der Waals surface area contributed by atoms with E-state index in [0.717, 1.165) is 37.1 Å². The lowest BCUT2D eigenvalue weighted by Gasteiger charge is -2.50. The number of halogens is 5. The molecule has 6 atom stereocenters. The number of likely N-dealkylation sites (tertiary alicyclic amines) is 1. The van der Waals surface area contributed by atoms with Gasteiger partial charge in [0, 0.05) is 28.7 Å². The second-order valence-electron chi connectivity index (χ2n) is 14.3. The van der Waals surface area contributed by atoms with Crippen molar-refractivity contribution in [3.05, 3.63) is 99.2 Å². The number of hydrogen-bond donors (Lipinski definition) is 2. The molecule has 2 saturated heterocycles. The molecule has 8 rings (SSSR count). The molecule has 0 spiro atoms. The maximum Gasteiger partial charge on any atom is 0.417 e. The van der Waals surface area contributed by atoms with Crippen LogP contribution in [0, 0.1) is 23.7 Å². The summed E-state index contributed by atoms with van der Waals surface area (Å²) in [4.78, 5) is 63.6. The van der Waals surface area contributed by atoms with Crippen molar-refractivity contribution in [1.82, 2.24) is 14.9 Å². The van der Waals surface area contributed by atoms with Crippen LogP contribution in [0.5, 0.6) is 5.75 Å². The number of phenolic OH excluding ortho intramolecular Hbond substituents is 1. The van der Waals surface area contributed by atoms with Crippen LogP contribution in [0.3, 0.4) is 0 Å². The molecule has 5 aliphatic rings. The minimum atomic E-state index is -4.74. The number of nitrogens with one attached hydrogen (secondary N) is 1. The van der Waals surface area contributed by atoms with E-state index in [2.05, 4.69) is 10.4 Å². The maximum atomic E-state index is 15.2. The van der Waals surface area contributed by atoms with Gasteiger partial charge >= 0.3 is 6.18 Å². The van der Waals surface area contributed by atoms with Gasteiger partial charge in [0.1, 0.15) is 5.75 Å². The Bertz CT molecular complexity index is 2040. The van der Waals surface area contributed by atoms with E-state index in [1.165, 1.54) is 11.0 Å². The van der Waals surface area contributed by atoms with Crippen LogP contribution < -0.4 is 5.43 Å². The Kier molecular flexibility index (Phi) is 8.41. The normalized spacial score (nSPS) is 29.2. The quantitative estimate of drug-likeness (QED) is 0.206. The van der Waals surface area contributed by atoms with E-state index < -0.39 is 63.6 Å². The minimum Gasteiger partial charge on any atom is -0.508 e. The van der Waals surface area contributed by atoms with Gasteiger partial charge in [-0.05, 0) is 61.4 Å². The molecule has 2 aromatic carbocycles. The topological polar surface area (TPSA) is 120 Å². The Balaban J connectivity index is 1.29. The Morgan fingerprint density at radius 2 is 1.62 bits per heavy atom. The number of benzene rings is 2. The monoisotopic (exact) mass is 752 g/mol. The summed E-state index contributed by atoms with van der Waals surface area (Å²) in [6.07, 6.45) is 2.31. The molecular weight excluding hydrogens is 720 g/mol. The molecule has 1 aromatic heterocycles. The number of hydrogen-bond acceptors (Lipinski definition) is 7. The summed E-state index contributed by atoms with van der Waals surface area (Å²) >= 11 is 12.5. The van der Waals surface area contributed by atoms with Gasteiger partial charge in [0.25, 0.3) is 11.8 Å². The number of aromatic nitrogens is 1. The first-order valence-corrected chi connectivity index (χ1v) is 18.1. The highest BCUT2D eigenvalue weighted by molar-refractivity contribution is 6.33. The summed E-state index contributed by atoms with van der Waals surface area (Å²) in [7, 11) is 0. The number of alkyl halides is 3. The number of pyridine rings is 1. The number of imide groups is 2.